The number of nitrogens with one attached hydrogen (secondary N) is 1. The highest BCUT2D eigenvalue weighted by molar-refractivity contribution is 6.07. The zero-order valence-corrected chi connectivity index (χ0v) is 21.4. The highest BCUT2D eigenvalue weighted by atomic mass is 19.2. The number of halogens is 2. The van der Waals surface area contributed by atoms with Gasteiger partial charge in [-0.3, -0.25) is 9.89 Å². The smallest absolute Gasteiger partial charge is 0.308 e. The number of ether oxygens (including phenoxy) is 2. The molecule has 8 heteroatoms. The number of nitrogens with zero attached hydrogens (tertiary/aromatic N) is 2. The summed E-state index contributed by atoms with van der Waals surface area (Å²) in [5, 5.41) is 9.51. The number of methoxy groups -OCH3 is 1. The van der Waals surface area contributed by atoms with Gasteiger partial charge in [-0.1, -0.05) is 6.08 Å². The van der Waals surface area contributed by atoms with Crippen LogP contribution in [0.2, 0.25) is 0 Å². The molecular formula is C30H29F2N3O3. The van der Waals surface area contributed by atoms with Crippen molar-refractivity contribution in [1.82, 2.24) is 14.8 Å². The quantitative estimate of drug-likeness (QED) is 0.321. The summed E-state index contributed by atoms with van der Waals surface area (Å²) in [6.45, 7) is 3.43. The number of benzene rings is 2. The molecule has 0 bridgehead atoms. The Morgan fingerprint density at radius 2 is 1.95 bits per heavy atom. The molecule has 0 amide bonds. The van der Waals surface area contributed by atoms with Crippen molar-refractivity contribution >= 4 is 33.3 Å². The number of fused-ring (bicyclic) bond motifs is 2. The molecule has 2 fully saturated rings. The van der Waals surface area contributed by atoms with E-state index in [4.69, 9.17) is 9.47 Å². The van der Waals surface area contributed by atoms with Crippen LogP contribution in [-0.2, 0) is 14.3 Å². The van der Waals surface area contributed by atoms with Gasteiger partial charge in [0, 0.05) is 52.9 Å². The van der Waals surface area contributed by atoms with Crippen molar-refractivity contribution in [1.29, 1.82) is 0 Å². The summed E-state index contributed by atoms with van der Waals surface area (Å²) in [6, 6.07) is 6.25. The molecule has 0 unspecified atom stereocenters. The lowest BCUT2D eigenvalue weighted by Crippen LogP contribution is -2.44. The molecule has 2 aliphatic carbocycles. The maximum atomic E-state index is 14.6. The number of H-pyrrole nitrogens is 1. The number of aryl methyl sites for hydroxylation is 1. The first-order valence-electron chi connectivity index (χ1n) is 13.2. The number of esters is 1. The Morgan fingerprint density at radius 3 is 2.66 bits per heavy atom. The van der Waals surface area contributed by atoms with Crippen molar-refractivity contribution in [3.8, 4) is 5.69 Å². The first-order valence-corrected chi connectivity index (χ1v) is 13.2. The molecule has 3 heterocycles. The molecule has 1 aliphatic heterocycles. The van der Waals surface area contributed by atoms with Crippen LogP contribution in [0.4, 0.5) is 8.78 Å². The number of hydrogen-bond donors (Lipinski definition) is 1. The Morgan fingerprint density at radius 1 is 1.18 bits per heavy atom. The Labute approximate surface area is 218 Å². The number of carbonyl (C=O) groups is 1. The number of carbonyl (C=O) groups excluding carboxylic acids is 1. The molecule has 6 nitrogen and oxygen atoms in total. The van der Waals surface area contributed by atoms with Gasteiger partial charge in [-0.15, -0.1) is 0 Å². The molecule has 2 aromatic heterocycles. The van der Waals surface area contributed by atoms with Crippen molar-refractivity contribution in [2.75, 3.05) is 20.3 Å². The van der Waals surface area contributed by atoms with Crippen LogP contribution in [0.15, 0.2) is 36.5 Å². The lowest BCUT2D eigenvalue weighted by Gasteiger charge is -2.51. The number of rotatable bonds is 4. The summed E-state index contributed by atoms with van der Waals surface area (Å²) in [4.78, 5) is 12.0. The van der Waals surface area contributed by atoms with Gasteiger partial charge in [0.1, 0.15) is 0 Å². The standard InChI is InChI=1S/C30H29F2N3O3/c1-16-25-24(9-18-15-33-34-27(16)18)35(21-3-4-22(31)23(32)10-21)28(17-5-7-38-8-6-17)26(25)19-11-30(12-19)13-20(14-30)29(36)37-2/h3-4,9-11,15,17,20H,5-8,12-14H2,1-2H3,(H,33,34). The minimum absolute atomic E-state index is 0.0313. The highest BCUT2D eigenvalue weighted by Crippen LogP contribution is 2.61. The van der Waals surface area contributed by atoms with Crippen molar-refractivity contribution in [2.45, 2.75) is 44.9 Å². The predicted octanol–water partition coefficient (Wildman–Crippen LogP) is 6.34. The molecule has 4 aromatic rings. The van der Waals surface area contributed by atoms with E-state index in [2.05, 4.69) is 33.8 Å². The van der Waals surface area contributed by atoms with E-state index in [1.165, 1.54) is 30.4 Å². The summed E-state index contributed by atoms with van der Waals surface area (Å²) in [7, 11) is 1.45. The Hall–Kier alpha value is -3.52. The second kappa shape index (κ2) is 8.50. The second-order valence-corrected chi connectivity index (χ2v) is 11.1. The third-order valence-corrected chi connectivity index (χ3v) is 8.91. The zero-order valence-electron chi connectivity index (χ0n) is 21.4. The van der Waals surface area contributed by atoms with E-state index >= 15 is 0 Å². The zero-order chi connectivity index (χ0) is 26.2. The topological polar surface area (TPSA) is 69.1 Å². The summed E-state index contributed by atoms with van der Waals surface area (Å²) in [5.41, 5.74) is 7.22. The molecule has 196 valence electrons. The molecule has 1 saturated heterocycles. The van der Waals surface area contributed by atoms with E-state index in [0.29, 0.717) is 18.9 Å². The predicted molar refractivity (Wildman–Crippen MR) is 140 cm³/mol. The fourth-order valence-electron chi connectivity index (χ4n) is 7.09. The molecule has 1 spiro atoms. The van der Waals surface area contributed by atoms with Crippen LogP contribution in [0.5, 0.6) is 0 Å². The minimum Gasteiger partial charge on any atom is -0.469 e. The van der Waals surface area contributed by atoms with E-state index in [1.807, 2.05) is 0 Å². The van der Waals surface area contributed by atoms with E-state index in [-0.39, 0.29) is 23.2 Å². The Kier molecular flexibility index (Phi) is 5.27. The number of aromatic nitrogens is 3. The first kappa shape index (κ1) is 23.6. The van der Waals surface area contributed by atoms with Crippen molar-refractivity contribution in [3.63, 3.8) is 0 Å². The van der Waals surface area contributed by atoms with Crippen LogP contribution in [0, 0.1) is 29.9 Å². The van der Waals surface area contributed by atoms with Crippen LogP contribution < -0.4 is 0 Å². The van der Waals surface area contributed by atoms with Gasteiger partial charge in [0.15, 0.2) is 11.6 Å². The van der Waals surface area contributed by atoms with Gasteiger partial charge in [0.25, 0.3) is 0 Å². The van der Waals surface area contributed by atoms with Gasteiger partial charge >= 0.3 is 5.97 Å². The molecular weight excluding hydrogens is 488 g/mol. The minimum atomic E-state index is -0.866. The fraction of sp³-hybridized carbons (Fsp3) is 0.400. The van der Waals surface area contributed by atoms with E-state index in [1.54, 1.807) is 12.3 Å². The van der Waals surface area contributed by atoms with E-state index in [0.717, 1.165) is 65.2 Å². The first-order chi connectivity index (χ1) is 18.4. The summed E-state index contributed by atoms with van der Waals surface area (Å²) in [6.07, 6.45) is 8.35. The van der Waals surface area contributed by atoms with Gasteiger partial charge in [-0.05, 0) is 73.8 Å². The van der Waals surface area contributed by atoms with Crippen LogP contribution in [0.1, 0.15) is 54.8 Å². The van der Waals surface area contributed by atoms with Crippen molar-refractivity contribution in [3.05, 3.63) is 65.0 Å². The van der Waals surface area contributed by atoms with E-state index in [9.17, 15) is 13.6 Å². The molecule has 2 aromatic carbocycles. The molecule has 0 radical (unpaired) electrons. The highest BCUT2D eigenvalue weighted by Gasteiger charge is 2.52. The third kappa shape index (κ3) is 3.39. The van der Waals surface area contributed by atoms with Gasteiger partial charge in [0.2, 0.25) is 0 Å². The largest absolute Gasteiger partial charge is 0.469 e. The SMILES string of the molecule is COC(=O)C1CC2(C=C(c3c(C4CCOCC4)n(-c4ccc(F)c(F)c4)c4cc5cn[nH]c5c(C)c34)C2)C1. The van der Waals surface area contributed by atoms with Crippen molar-refractivity contribution in [2.24, 2.45) is 11.3 Å². The average molecular weight is 518 g/mol. The molecule has 3 aliphatic rings. The van der Waals surface area contributed by atoms with Crippen LogP contribution in [0.3, 0.4) is 0 Å². The van der Waals surface area contributed by atoms with Crippen LogP contribution in [0.25, 0.3) is 33.1 Å². The number of aromatic amines is 1. The summed E-state index contributed by atoms with van der Waals surface area (Å²) in [5.74, 6) is -1.69. The fourth-order valence-corrected chi connectivity index (χ4v) is 7.09. The maximum absolute atomic E-state index is 14.6. The van der Waals surface area contributed by atoms with E-state index < -0.39 is 11.6 Å². The third-order valence-electron chi connectivity index (χ3n) is 8.91. The molecule has 7 rings (SSSR count). The van der Waals surface area contributed by atoms with Gasteiger partial charge < -0.3 is 14.0 Å². The Bertz CT molecular complexity index is 1640. The summed E-state index contributed by atoms with van der Waals surface area (Å²) < 4.78 is 41.4. The normalized spacial score (nSPS) is 23.5. The molecule has 1 N–H and O–H groups in total. The van der Waals surface area contributed by atoms with Gasteiger partial charge in [-0.25, -0.2) is 8.78 Å². The van der Waals surface area contributed by atoms with Crippen LogP contribution in [-0.4, -0.2) is 41.1 Å². The van der Waals surface area contributed by atoms with Gasteiger partial charge in [0.05, 0.1) is 30.3 Å². The second-order valence-electron chi connectivity index (χ2n) is 11.1. The lowest BCUT2D eigenvalue weighted by molar-refractivity contribution is -0.152. The number of allylic oxidation sites excluding steroid dienone is 2. The average Bonchev–Trinajstić information content (AvgIpc) is 3.48. The van der Waals surface area contributed by atoms with Gasteiger partial charge in [-0.2, -0.15) is 5.10 Å². The lowest BCUT2D eigenvalue weighted by atomic mass is 9.52. The maximum Gasteiger partial charge on any atom is 0.308 e. The monoisotopic (exact) mass is 517 g/mol. The molecule has 1 saturated carbocycles. The van der Waals surface area contributed by atoms with Crippen molar-refractivity contribution < 1.29 is 23.0 Å². The Balaban J connectivity index is 1.48. The number of hydrogen-bond acceptors (Lipinski definition) is 4. The molecule has 0 atom stereocenters. The molecule has 38 heavy (non-hydrogen) atoms. The van der Waals surface area contributed by atoms with Crippen LogP contribution >= 0.6 is 0 Å². The summed E-state index contributed by atoms with van der Waals surface area (Å²) >= 11 is 0.